The molecule has 0 amide bonds. The molecule has 0 spiro atoms. The van der Waals surface area contributed by atoms with E-state index in [9.17, 15) is 0 Å². The van der Waals surface area contributed by atoms with Gasteiger partial charge >= 0.3 is 60.9 Å². The van der Waals surface area contributed by atoms with Gasteiger partial charge in [0.05, 0.1) is 0 Å². The van der Waals surface area contributed by atoms with E-state index in [4.69, 9.17) is 0 Å². The zero-order valence-electron chi connectivity index (χ0n) is 4.74. The summed E-state index contributed by atoms with van der Waals surface area (Å²) in [5, 5.41) is 0. The summed E-state index contributed by atoms with van der Waals surface area (Å²) in [4.78, 5) is 0. The van der Waals surface area contributed by atoms with Gasteiger partial charge in [-0.3, -0.25) is 0 Å². The monoisotopic (exact) mass is 210 g/mol. The third kappa shape index (κ3) is 1.61. The first kappa shape index (κ1) is 6.84. The molecule has 1 rings (SSSR count). The van der Waals surface area contributed by atoms with E-state index in [1.807, 2.05) is 0 Å². The van der Waals surface area contributed by atoms with Crippen molar-refractivity contribution in [3.63, 3.8) is 0 Å². The molecule has 8 heavy (non-hydrogen) atoms. The van der Waals surface area contributed by atoms with Crippen molar-refractivity contribution in [1.29, 1.82) is 0 Å². The van der Waals surface area contributed by atoms with Crippen LogP contribution in [0.1, 0.15) is 13.8 Å². The first-order valence-electron chi connectivity index (χ1n) is 2.34. The van der Waals surface area contributed by atoms with E-state index in [1.165, 1.54) is 11.4 Å². The molecular weight excluding hydrogens is 203 g/mol. The van der Waals surface area contributed by atoms with Crippen LogP contribution in [-0.2, 0) is 11.4 Å². The molecule has 1 aliphatic heterocycles. The summed E-state index contributed by atoms with van der Waals surface area (Å²) in [5.41, 5.74) is 0. The van der Waals surface area contributed by atoms with E-state index >= 15 is 0 Å². The number of nitrogens with zero attached hydrogens (tertiary/aromatic N) is 2. The normalized spacial score (nSPS) is 26.6. The molecule has 0 fully saturated rings. The van der Waals surface area contributed by atoms with Gasteiger partial charge in [0.1, 0.15) is 0 Å². The summed E-state index contributed by atoms with van der Waals surface area (Å²) in [6, 6.07) is 0. The number of rotatable bonds is 1. The predicted octanol–water partition coefficient (Wildman–Crippen LogP) is 2.00. The maximum absolute atomic E-state index is 4.29. The molecule has 0 radical (unpaired) electrons. The molecule has 5 heteroatoms. The predicted molar refractivity (Wildman–Crippen MR) is 40.7 cm³/mol. The molecule has 2 nitrogen and oxygen atoms in total. The first-order chi connectivity index (χ1) is 3.80. The Hall–Kier alpha value is 0.728. The molecule has 0 aromatic carbocycles. The van der Waals surface area contributed by atoms with Gasteiger partial charge in [-0.15, -0.1) is 0 Å². The van der Waals surface area contributed by atoms with Gasteiger partial charge in [0.25, 0.3) is 0 Å². The van der Waals surface area contributed by atoms with E-state index in [0.717, 1.165) is 4.71 Å². The summed E-state index contributed by atoms with van der Waals surface area (Å²) < 4.78 is 9.08. The molecule has 0 aromatic heterocycles. The van der Waals surface area contributed by atoms with Crippen molar-refractivity contribution < 1.29 is 0 Å². The third-order valence-electron chi connectivity index (χ3n) is 0.709. The van der Waals surface area contributed by atoms with Crippen LogP contribution in [0.15, 0.2) is 7.05 Å². The topological polar surface area (TPSA) is 24.7 Å². The van der Waals surface area contributed by atoms with Crippen LogP contribution >= 0.6 is 10.2 Å². The van der Waals surface area contributed by atoms with Gasteiger partial charge in [-0.05, 0) is 0 Å². The Morgan fingerprint density at radius 1 is 1.50 bits per heavy atom. The van der Waals surface area contributed by atoms with Crippen molar-refractivity contribution in [2.75, 3.05) is 0 Å². The van der Waals surface area contributed by atoms with Crippen LogP contribution in [-0.4, -0.2) is 13.7 Å². The molecule has 0 aliphatic carbocycles. The summed E-state index contributed by atoms with van der Waals surface area (Å²) in [6.07, 6.45) is 0. The van der Waals surface area contributed by atoms with Crippen LogP contribution in [0.4, 0.5) is 0 Å². The second-order valence-electron chi connectivity index (χ2n) is 1.72. The van der Waals surface area contributed by atoms with Crippen molar-refractivity contribution in [1.82, 2.24) is 0 Å². The standard InChI is InChI=1S/C3H7AsN2S2/c1-3(2)4-5-8-6-7-4/h3H,1-2H3. The van der Waals surface area contributed by atoms with Gasteiger partial charge in [0, 0.05) is 0 Å². The van der Waals surface area contributed by atoms with Crippen molar-refractivity contribution >= 4 is 35.3 Å². The SMILES string of the molecule is CC(C)[As]1N=S=NS1. The Balaban J connectivity index is 2.42. The fourth-order valence-corrected chi connectivity index (χ4v) is 7.65. The third-order valence-corrected chi connectivity index (χ3v) is 10.5. The Bertz CT molecular complexity index is 140. The zero-order valence-corrected chi connectivity index (χ0v) is 8.25. The minimum absolute atomic E-state index is 0.770. The quantitative estimate of drug-likeness (QED) is 0.480. The molecule has 1 aliphatic rings. The van der Waals surface area contributed by atoms with Crippen molar-refractivity contribution in [2.24, 2.45) is 7.05 Å². The molecular formula is C3H7AsN2S2. The molecule has 1 atom stereocenters. The molecule has 1 heterocycles. The van der Waals surface area contributed by atoms with Crippen molar-refractivity contribution in [3.8, 4) is 0 Å². The molecule has 0 saturated carbocycles. The Labute approximate surface area is 60.9 Å². The maximum atomic E-state index is 4.29. The minimum atomic E-state index is -0.877. The molecule has 0 N–H and O–H groups in total. The van der Waals surface area contributed by atoms with E-state index < -0.39 is 13.7 Å². The molecule has 0 saturated heterocycles. The van der Waals surface area contributed by atoms with Gasteiger partial charge in [0.15, 0.2) is 0 Å². The van der Waals surface area contributed by atoms with Crippen LogP contribution < -0.4 is 0 Å². The van der Waals surface area contributed by atoms with Crippen LogP contribution in [0, 0.1) is 0 Å². The van der Waals surface area contributed by atoms with E-state index in [2.05, 4.69) is 20.9 Å². The second kappa shape index (κ2) is 3.04. The Kier molecular flexibility index (Phi) is 2.60. The average molecular weight is 210 g/mol. The van der Waals surface area contributed by atoms with Crippen LogP contribution in [0.5, 0.6) is 0 Å². The van der Waals surface area contributed by atoms with Gasteiger partial charge in [0.2, 0.25) is 0 Å². The Morgan fingerprint density at radius 3 is 2.50 bits per heavy atom. The van der Waals surface area contributed by atoms with Crippen LogP contribution in [0.3, 0.4) is 0 Å². The summed E-state index contributed by atoms with van der Waals surface area (Å²) >= 11 is 0.511. The molecule has 0 bridgehead atoms. The second-order valence-corrected chi connectivity index (χ2v) is 10.2. The van der Waals surface area contributed by atoms with Gasteiger partial charge in [-0.2, -0.15) is 0 Å². The summed E-state index contributed by atoms with van der Waals surface area (Å²) in [7, 11) is 1.72. The number of hydrogen-bond donors (Lipinski definition) is 0. The van der Waals surface area contributed by atoms with Gasteiger partial charge in [-0.1, -0.05) is 0 Å². The van der Waals surface area contributed by atoms with Gasteiger partial charge in [-0.25, -0.2) is 0 Å². The molecule has 1 unspecified atom stereocenters. The summed E-state index contributed by atoms with van der Waals surface area (Å²) in [6.45, 7) is 4.44. The molecule has 0 aromatic rings. The fraction of sp³-hybridized carbons (Fsp3) is 1.00. The van der Waals surface area contributed by atoms with Crippen molar-refractivity contribution in [3.05, 3.63) is 0 Å². The Morgan fingerprint density at radius 2 is 2.25 bits per heavy atom. The van der Waals surface area contributed by atoms with E-state index in [-0.39, 0.29) is 0 Å². The van der Waals surface area contributed by atoms with Crippen molar-refractivity contribution in [2.45, 2.75) is 18.6 Å². The molecule has 46 valence electrons. The fourth-order valence-electron chi connectivity index (χ4n) is 0.303. The van der Waals surface area contributed by atoms with Gasteiger partial charge < -0.3 is 0 Å². The zero-order chi connectivity index (χ0) is 5.98. The van der Waals surface area contributed by atoms with Crippen LogP contribution in [0.2, 0.25) is 4.71 Å². The van der Waals surface area contributed by atoms with Crippen LogP contribution in [0.25, 0.3) is 0 Å². The summed E-state index contributed by atoms with van der Waals surface area (Å²) in [5.74, 6) is 0. The first-order valence-corrected chi connectivity index (χ1v) is 8.02. The van der Waals surface area contributed by atoms with E-state index in [1.54, 1.807) is 10.2 Å². The number of hydrogen-bond acceptors (Lipinski definition) is 3. The van der Waals surface area contributed by atoms with E-state index in [0.29, 0.717) is 0 Å². The average Bonchev–Trinajstić information content (AvgIpc) is 2.12.